The molecule has 0 aromatic rings. The molecule has 0 aromatic carbocycles. The predicted octanol–water partition coefficient (Wildman–Crippen LogP) is -3.47. The van der Waals surface area contributed by atoms with Crippen molar-refractivity contribution < 1.29 is 67.0 Å². The van der Waals surface area contributed by atoms with E-state index in [2.05, 4.69) is 0 Å². The molecule has 10 nitrogen and oxygen atoms in total. The molecule has 4 N–H and O–H groups in total. The summed E-state index contributed by atoms with van der Waals surface area (Å²) in [4.78, 5) is 19.0. The van der Waals surface area contributed by atoms with E-state index in [9.17, 15) is 27.1 Å². The molecule has 0 bridgehead atoms. The molecule has 0 aromatic heterocycles. The first-order valence-corrected chi connectivity index (χ1v) is 5.36. The SMILES string of the molecule is O=C(O)C(O)S(=O)[O-].O=C(O)C(O)S(=O)[O-].[Zn+2]. The number of hydrogen-bond donors (Lipinski definition) is 4. The molecular weight excluding hydrogens is 338 g/mol. The van der Waals surface area contributed by atoms with E-state index in [-0.39, 0.29) is 19.5 Å². The number of carboxylic acids is 2. The second-order valence-corrected chi connectivity index (χ2v) is 3.84. The van der Waals surface area contributed by atoms with Crippen LogP contribution < -0.4 is 0 Å². The fourth-order valence-electron chi connectivity index (χ4n) is 0.165. The maximum atomic E-state index is 9.51. The fourth-order valence-corrected chi connectivity index (χ4v) is 0.494. The Hall–Kier alpha value is -0.297. The van der Waals surface area contributed by atoms with E-state index in [0.717, 1.165) is 0 Å². The molecule has 0 amide bonds. The summed E-state index contributed by atoms with van der Waals surface area (Å²) in [5.74, 6) is -3.53. The van der Waals surface area contributed by atoms with Crippen molar-refractivity contribution >= 4 is 34.1 Å². The van der Waals surface area contributed by atoms with E-state index < -0.39 is 45.0 Å². The van der Waals surface area contributed by atoms with Crippen LogP contribution in [-0.4, -0.2) is 60.8 Å². The largest absolute Gasteiger partial charge is 2.00 e. The Labute approximate surface area is 112 Å². The van der Waals surface area contributed by atoms with Gasteiger partial charge in [0, 0.05) is 0 Å². The van der Waals surface area contributed by atoms with Crippen LogP contribution in [0.15, 0.2) is 0 Å². The summed E-state index contributed by atoms with van der Waals surface area (Å²) in [6, 6.07) is 0. The van der Waals surface area contributed by atoms with E-state index in [1.807, 2.05) is 0 Å². The van der Waals surface area contributed by atoms with Crippen LogP contribution in [0.4, 0.5) is 0 Å². The number of rotatable bonds is 4. The number of hydrogen-bond acceptors (Lipinski definition) is 8. The van der Waals surface area contributed by atoms with Gasteiger partial charge >= 0.3 is 31.4 Å². The Bertz CT molecular complexity index is 247. The Morgan fingerprint density at radius 3 is 1.06 bits per heavy atom. The third kappa shape index (κ3) is 12.0. The van der Waals surface area contributed by atoms with Crippen LogP contribution in [0.25, 0.3) is 0 Å². The van der Waals surface area contributed by atoms with Gasteiger partial charge in [0.2, 0.25) is 10.9 Å². The van der Waals surface area contributed by atoms with Crippen LogP contribution in [0, 0.1) is 0 Å². The van der Waals surface area contributed by atoms with Gasteiger partial charge in [-0.25, -0.2) is 9.59 Å². The molecule has 0 heterocycles. The number of aliphatic carboxylic acids is 2. The van der Waals surface area contributed by atoms with Gasteiger partial charge in [-0.1, -0.05) is 0 Å². The molecule has 4 atom stereocenters. The minimum Gasteiger partial charge on any atom is -0.770 e. The Balaban J connectivity index is -0.000000218. The van der Waals surface area contributed by atoms with Crippen molar-refractivity contribution in [3.8, 4) is 0 Å². The molecule has 4 unspecified atom stereocenters. The molecule has 96 valence electrons. The van der Waals surface area contributed by atoms with Gasteiger partial charge in [0.15, 0.2) is 0 Å². The molecule has 0 spiro atoms. The van der Waals surface area contributed by atoms with Crippen molar-refractivity contribution in [3.05, 3.63) is 0 Å². The summed E-state index contributed by atoms with van der Waals surface area (Å²) >= 11 is -5.87. The second-order valence-electron chi connectivity index (χ2n) is 1.90. The summed E-state index contributed by atoms with van der Waals surface area (Å²) in [7, 11) is 0. The number of aliphatic hydroxyl groups is 2. The number of aliphatic hydroxyl groups excluding tert-OH is 2. The van der Waals surface area contributed by atoms with Gasteiger partial charge < -0.3 is 29.5 Å². The molecule has 0 saturated heterocycles. The molecule has 0 aliphatic rings. The Morgan fingerprint density at radius 2 is 1.06 bits per heavy atom. The zero-order valence-electron chi connectivity index (χ0n) is 7.92. The third-order valence-electron chi connectivity index (χ3n) is 0.787. The maximum absolute atomic E-state index is 9.51. The minimum absolute atomic E-state index is 0. The van der Waals surface area contributed by atoms with Crippen molar-refractivity contribution in [1.82, 2.24) is 0 Å². The molecule has 0 radical (unpaired) electrons. The molecule has 13 heteroatoms. The fraction of sp³-hybridized carbons (Fsp3) is 0.500. The van der Waals surface area contributed by atoms with Crippen LogP contribution >= 0.6 is 0 Å². The zero-order chi connectivity index (χ0) is 13.5. The van der Waals surface area contributed by atoms with Gasteiger partial charge in [-0.3, -0.25) is 8.42 Å². The van der Waals surface area contributed by atoms with Gasteiger partial charge in [-0.2, -0.15) is 0 Å². The van der Waals surface area contributed by atoms with Gasteiger partial charge in [-0.05, 0) is 22.2 Å². The van der Waals surface area contributed by atoms with Crippen molar-refractivity contribution in [3.63, 3.8) is 0 Å². The monoisotopic (exact) mass is 342 g/mol. The first-order valence-electron chi connectivity index (χ1n) is 3.09. The van der Waals surface area contributed by atoms with E-state index in [1.54, 1.807) is 0 Å². The van der Waals surface area contributed by atoms with Crippen LogP contribution in [-0.2, 0) is 51.2 Å². The van der Waals surface area contributed by atoms with E-state index >= 15 is 0 Å². The van der Waals surface area contributed by atoms with Crippen LogP contribution in [0.3, 0.4) is 0 Å². The number of carbonyl (C=O) groups is 2. The normalized spacial score (nSPS) is 16.2. The molecular formula is C4H6O10S2Zn. The van der Waals surface area contributed by atoms with E-state index in [0.29, 0.717) is 0 Å². The summed E-state index contributed by atoms with van der Waals surface area (Å²) < 4.78 is 38.0. The molecule has 0 aliphatic heterocycles. The summed E-state index contributed by atoms with van der Waals surface area (Å²) in [5, 5.41) is 31.4. The standard InChI is InChI=1S/2C2H4O5S.Zn/c2*3-1(4)2(5)8(6)7;/h2*2,5H,(H,3,4)(H,6,7);/q;;+2/p-2. The second kappa shape index (κ2) is 10.8. The molecule has 0 saturated carbocycles. The van der Waals surface area contributed by atoms with Gasteiger partial charge in [-0.15, -0.1) is 0 Å². The maximum Gasteiger partial charge on any atom is 2.00 e. The molecule has 0 fully saturated rings. The van der Waals surface area contributed by atoms with Gasteiger partial charge in [0.1, 0.15) is 0 Å². The quantitative estimate of drug-likeness (QED) is 0.294. The van der Waals surface area contributed by atoms with Crippen LogP contribution in [0.1, 0.15) is 0 Å². The van der Waals surface area contributed by atoms with E-state index in [1.165, 1.54) is 0 Å². The number of carboxylic acid groups (broad SMARTS) is 2. The van der Waals surface area contributed by atoms with Gasteiger partial charge in [0.05, 0.1) is 0 Å². The average molecular weight is 344 g/mol. The van der Waals surface area contributed by atoms with Crippen LogP contribution in [0.2, 0.25) is 0 Å². The van der Waals surface area contributed by atoms with Crippen molar-refractivity contribution in [2.45, 2.75) is 10.9 Å². The topological polar surface area (TPSA) is 195 Å². The van der Waals surface area contributed by atoms with Crippen molar-refractivity contribution in [2.75, 3.05) is 0 Å². The minimum atomic E-state index is -2.93. The summed E-state index contributed by atoms with van der Waals surface area (Å²) in [6.07, 6.45) is 0. The van der Waals surface area contributed by atoms with Gasteiger partial charge in [0.25, 0.3) is 0 Å². The summed E-state index contributed by atoms with van der Waals surface area (Å²) in [5.41, 5.74) is -4.59. The van der Waals surface area contributed by atoms with Crippen LogP contribution in [0.5, 0.6) is 0 Å². The predicted molar refractivity (Wildman–Crippen MR) is 45.1 cm³/mol. The zero-order valence-corrected chi connectivity index (χ0v) is 12.5. The molecule has 0 aliphatic carbocycles. The first-order chi connectivity index (χ1) is 7.11. The van der Waals surface area contributed by atoms with Crippen molar-refractivity contribution in [2.24, 2.45) is 0 Å². The average Bonchev–Trinajstić information content (AvgIpc) is 2.15. The third-order valence-corrected chi connectivity index (χ3v) is 1.92. The first kappa shape index (κ1) is 21.9. The molecule has 17 heavy (non-hydrogen) atoms. The molecule has 0 rings (SSSR count). The van der Waals surface area contributed by atoms with Crippen molar-refractivity contribution in [1.29, 1.82) is 0 Å². The Kier molecular flexibility index (Phi) is 14.0. The van der Waals surface area contributed by atoms with E-state index in [4.69, 9.17) is 20.4 Å². The Morgan fingerprint density at radius 1 is 0.882 bits per heavy atom. The smallest absolute Gasteiger partial charge is 0.770 e. The summed E-state index contributed by atoms with van der Waals surface area (Å²) in [6.45, 7) is 0.